The summed E-state index contributed by atoms with van der Waals surface area (Å²) in [6, 6.07) is 0. The lowest BCUT2D eigenvalue weighted by atomic mass is 9.72. The van der Waals surface area contributed by atoms with E-state index in [9.17, 15) is 4.79 Å². The molecule has 20 heavy (non-hydrogen) atoms. The summed E-state index contributed by atoms with van der Waals surface area (Å²) >= 11 is 0. The molecular formula is C15H31NO3Si. The Hall–Kier alpha value is -0.393. The smallest absolute Gasteiger partial charge is 0.307 e. The van der Waals surface area contributed by atoms with Crippen LogP contribution in [0.3, 0.4) is 0 Å². The fourth-order valence-electron chi connectivity index (χ4n) is 2.41. The first kappa shape index (κ1) is 17.7. The fourth-order valence-corrected chi connectivity index (χ4v) is 3.77. The van der Waals surface area contributed by atoms with Crippen LogP contribution >= 0.6 is 0 Å². The fraction of sp³-hybridized carbons (Fsp3) is 0.933. The van der Waals surface area contributed by atoms with Crippen molar-refractivity contribution >= 4 is 14.3 Å². The molecule has 1 fully saturated rings. The van der Waals surface area contributed by atoms with Crippen LogP contribution in [0.1, 0.15) is 47.0 Å². The number of hydrogen-bond donors (Lipinski definition) is 1. The normalized spacial score (nSPS) is 27.1. The van der Waals surface area contributed by atoms with E-state index < -0.39 is 8.32 Å². The van der Waals surface area contributed by atoms with Crippen molar-refractivity contribution in [3.63, 3.8) is 0 Å². The SMILES string of the molecule is CCOC(=O)CC1(NC)CC(O[Si](C)(C)C(C)(C)C)C1. The van der Waals surface area contributed by atoms with Crippen LogP contribution in [0.5, 0.6) is 0 Å². The maximum absolute atomic E-state index is 11.7. The predicted molar refractivity (Wildman–Crippen MR) is 84.3 cm³/mol. The average Bonchev–Trinajstić information content (AvgIpc) is 2.24. The number of esters is 1. The molecule has 0 heterocycles. The second-order valence-corrected chi connectivity index (χ2v) is 12.2. The van der Waals surface area contributed by atoms with Gasteiger partial charge in [-0.2, -0.15) is 0 Å². The number of carbonyl (C=O) groups excluding carboxylic acids is 1. The van der Waals surface area contributed by atoms with Gasteiger partial charge in [-0.3, -0.25) is 4.79 Å². The highest BCUT2D eigenvalue weighted by molar-refractivity contribution is 6.74. The Morgan fingerprint density at radius 3 is 2.30 bits per heavy atom. The summed E-state index contributed by atoms with van der Waals surface area (Å²) in [5, 5.41) is 3.52. The van der Waals surface area contributed by atoms with Crippen molar-refractivity contribution < 1.29 is 14.0 Å². The molecule has 1 aliphatic rings. The van der Waals surface area contributed by atoms with Crippen molar-refractivity contribution in [2.45, 2.75) is 76.7 Å². The molecule has 1 rings (SSSR count). The molecule has 0 unspecified atom stereocenters. The lowest BCUT2D eigenvalue weighted by Gasteiger charge is -2.51. The molecule has 0 radical (unpaired) electrons. The molecule has 0 spiro atoms. The number of ether oxygens (including phenoxy) is 1. The van der Waals surface area contributed by atoms with Gasteiger partial charge in [0.2, 0.25) is 0 Å². The van der Waals surface area contributed by atoms with Gasteiger partial charge in [-0.25, -0.2) is 0 Å². The van der Waals surface area contributed by atoms with Crippen molar-refractivity contribution in [2.24, 2.45) is 0 Å². The molecular weight excluding hydrogens is 270 g/mol. The zero-order valence-corrected chi connectivity index (χ0v) is 15.1. The second kappa shape index (κ2) is 6.16. The summed E-state index contributed by atoms with van der Waals surface area (Å²) in [6.07, 6.45) is 2.51. The largest absolute Gasteiger partial charge is 0.466 e. The maximum atomic E-state index is 11.7. The summed E-state index contributed by atoms with van der Waals surface area (Å²) in [7, 11) is 0.206. The second-order valence-electron chi connectivity index (χ2n) is 7.42. The third kappa shape index (κ3) is 4.05. The highest BCUT2D eigenvalue weighted by atomic mass is 28.4. The van der Waals surface area contributed by atoms with Crippen LogP contribution in [0.4, 0.5) is 0 Å². The third-order valence-corrected chi connectivity index (χ3v) is 9.36. The van der Waals surface area contributed by atoms with Crippen molar-refractivity contribution in [1.82, 2.24) is 5.32 Å². The van der Waals surface area contributed by atoms with E-state index in [0.29, 0.717) is 13.0 Å². The van der Waals surface area contributed by atoms with Gasteiger partial charge in [0.05, 0.1) is 13.0 Å². The van der Waals surface area contributed by atoms with E-state index >= 15 is 0 Å². The first-order valence-electron chi connectivity index (χ1n) is 7.57. The minimum absolute atomic E-state index is 0.118. The van der Waals surface area contributed by atoms with Gasteiger partial charge in [0.1, 0.15) is 0 Å². The molecule has 0 aromatic heterocycles. The van der Waals surface area contributed by atoms with Gasteiger partial charge in [-0.1, -0.05) is 20.8 Å². The molecule has 1 saturated carbocycles. The Kier molecular flexibility index (Phi) is 5.44. The molecule has 0 atom stereocenters. The number of nitrogens with one attached hydrogen (secondary N) is 1. The van der Waals surface area contributed by atoms with E-state index in [1.165, 1.54) is 0 Å². The van der Waals surface area contributed by atoms with E-state index in [-0.39, 0.29) is 22.7 Å². The third-order valence-electron chi connectivity index (χ3n) is 4.82. The molecule has 0 amide bonds. The van der Waals surface area contributed by atoms with Crippen LogP contribution in [0.15, 0.2) is 0 Å². The number of hydrogen-bond acceptors (Lipinski definition) is 4. The molecule has 1 N–H and O–H groups in total. The lowest BCUT2D eigenvalue weighted by Crippen LogP contribution is -2.60. The molecule has 0 aromatic rings. The minimum Gasteiger partial charge on any atom is -0.466 e. The maximum Gasteiger partial charge on any atom is 0.307 e. The number of rotatable bonds is 6. The van der Waals surface area contributed by atoms with E-state index in [0.717, 1.165) is 12.8 Å². The van der Waals surface area contributed by atoms with Crippen molar-refractivity contribution in [2.75, 3.05) is 13.7 Å². The Balaban J connectivity index is 2.52. The standard InChI is InChI=1S/C15H31NO3Si/c1-8-18-13(17)11-15(16-5)9-12(10-15)19-20(6,7)14(2,3)4/h12,16H,8-11H2,1-7H3. The molecule has 0 saturated heterocycles. The summed E-state index contributed by atoms with van der Waals surface area (Å²) in [6.45, 7) is 13.6. The quantitative estimate of drug-likeness (QED) is 0.605. The first-order valence-corrected chi connectivity index (χ1v) is 10.5. The number of carbonyl (C=O) groups is 1. The summed E-state index contributed by atoms with van der Waals surface area (Å²) in [5.74, 6) is -0.118. The minimum atomic E-state index is -1.71. The lowest BCUT2D eigenvalue weighted by molar-refractivity contribution is -0.147. The Labute approximate surface area is 124 Å². The van der Waals surface area contributed by atoms with Crippen LogP contribution in [0.25, 0.3) is 0 Å². The van der Waals surface area contributed by atoms with Crippen LogP contribution in [-0.2, 0) is 14.0 Å². The monoisotopic (exact) mass is 301 g/mol. The highest BCUT2D eigenvalue weighted by Gasteiger charge is 2.49. The summed E-state index contributed by atoms with van der Waals surface area (Å²) < 4.78 is 11.4. The van der Waals surface area contributed by atoms with Gasteiger partial charge in [0.25, 0.3) is 0 Å². The van der Waals surface area contributed by atoms with Gasteiger partial charge in [0.15, 0.2) is 8.32 Å². The molecule has 4 nitrogen and oxygen atoms in total. The van der Waals surface area contributed by atoms with E-state index in [1.807, 2.05) is 14.0 Å². The van der Waals surface area contributed by atoms with Crippen LogP contribution in [0.2, 0.25) is 18.1 Å². The molecule has 0 bridgehead atoms. The molecule has 5 heteroatoms. The zero-order chi connectivity index (χ0) is 15.6. The summed E-state index contributed by atoms with van der Waals surface area (Å²) in [4.78, 5) is 11.7. The Bertz CT molecular complexity index is 344. The topological polar surface area (TPSA) is 47.6 Å². The van der Waals surface area contributed by atoms with E-state index in [2.05, 4.69) is 39.2 Å². The van der Waals surface area contributed by atoms with Crippen LogP contribution in [-0.4, -0.2) is 39.6 Å². The van der Waals surface area contributed by atoms with Crippen molar-refractivity contribution in [3.05, 3.63) is 0 Å². The Morgan fingerprint density at radius 2 is 1.90 bits per heavy atom. The molecule has 0 aromatic carbocycles. The molecule has 118 valence electrons. The van der Waals surface area contributed by atoms with Crippen molar-refractivity contribution in [1.29, 1.82) is 0 Å². The molecule has 1 aliphatic carbocycles. The van der Waals surface area contributed by atoms with Crippen LogP contribution in [0, 0.1) is 0 Å². The van der Waals surface area contributed by atoms with E-state index in [4.69, 9.17) is 9.16 Å². The van der Waals surface area contributed by atoms with Gasteiger partial charge < -0.3 is 14.5 Å². The van der Waals surface area contributed by atoms with Gasteiger partial charge >= 0.3 is 5.97 Å². The zero-order valence-electron chi connectivity index (χ0n) is 14.1. The van der Waals surface area contributed by atoms with E-state index in [1.54, 1.807) is 0 Å². The van der Waals surface area contributed by atoms with Gasteiger partial charge in [-0.15, -0.1) is 0 Å². The van der Waals surface area contributed by atoms with Gasteiger partial charge in [-0.05, 0) is 44.9 Å². The Morgan fingerprint density at radius 1 is 1.35 bits per heavy atom. The van der Waals surface area contributed by atoms with Crippen LogP contribution < -0.4 is 5.32 Å². The predicted octanol–water partition coefficient (Wildman–Crippen LogP) is 3.08. The summed E-state index contributed by atoms with van der Waals surface area (Å²) in [5.41, 5.74) is -0.126. The van der Waals surface area contributed by atoms with Crippen molar-refractivity contribution in [3.8, 4) is 0 Å². The molecule has 0 aliphatic heterocycles. The average molecular weight is 302 g/mol. The van der Waals surface area contributed by atoms with Gasteiger partial charge in [0, 0.05) is 11.6 Å². The highest BCUT2D eigenvalue weighted by Crippen LogP contribution is 2.44. The first-order chi connectivity index (χ1) is 9.05.